The number of ether oxygens (including phenoxy) is 3. The molecule has 0 saturated carbocycles. The number of methoxy groups -OCH3 is 1. The lowest BCUT2D eigenvalue weighted by atomic mass is 9.97. The van der Waals surface area contributed by atoms with Crippen molar-refractivity contribution in [2.45, 2.75) is 58.5 Å². The Labute approximate surface area is 232 Å². The molecule has 4 rings (SSSR count). The lowest BCUT2D eigenvalue weighted by Crippen LogP contribution is -2.50. The van der Waals surface area contributed by atoms with E-state index in [0.29, 0.717) is 40.7 Å². The zero-order chi connectivity index (χ0) is 28.9. The Balaban J connectivity index is 1.69. The average Bonchev–Trinajstić information content (AvgIpc) is 3.58. The molecular weight excluding hydrogens is 516 g/mol. The summed E-state index contributed by atoms with van der Waals surface area (Å²) in [5, 5.41) is 9.45. The number of nitrogens with zero attached hydrogens (tertiary/aromatic N) is 2. The maximum absolute atomic E-state index is 13.9. The molecule has 3 amide bonds. The van der Waals surface area contributed by atoms with Gasteiger partial charge in [0.05, 0.1) is 7.11 Å². The number of aromatic nitrogens is 1. The van der Waals surface area contributed by atoms with Crippen LogP contribution in [-0.2, 0) is 14.4 Å². The van der Waals surface area contributed by atoms with E-state index in [1.54, 1.807) is 62.6 Å². The number of anilines is 2. The highest BCUT2D eigenvalue weighted by Gasteiger charge is 2.35. The van der Waals surface area contributed by atoms with Crippen molar-refractivity contribution >= 4 is 29.2 Å². The van der Waals surface area contributed by atoms with Crippen LogP contribution in [0.15, 0.2) is 53.1 Å². The van der Waals surface area contributed by atoms with E-state index in [4.69, 9.17) is 18.7 Å². The number of carbonyl (C=O) groups is 3. The van der Waals surface area contributed by atoms with E-state index in [0.717, 1.165) is 0 Å². The third-order valence-electron chi connectivity index (χ3n) is 6.65. The van der Waals surface area contributed by atoms with Crippen molar-refractivity contribution in [1.29, 1.82) is 0 Å². The number of hydrogen-bond acceptors (Lipinski definition) is 8. The van der Waals surface area contributed by atoms with Crippen LogP contribution in [0.1, 0.15) is 57.4 Å². The van der Waals surface area contributed by atoms with E-state index in [1.165, 1.54) is 4.90 Å². The maximum Gasteiger partial charge on any atom is 0.248 e. The number of rotatable bonds is 11. The van der Waals surface area contributed by atoms with Gasteiger partial charge in [0, 0.05) is 36.2 Å². The predicted octanol–water partition coefficient (Wildman–Crippen LogP) is 4.52. The first-order valence-corrected chi connectivity index (χ1v) is 13.0. The van der Waals surface area contributed by atoms with Gasteiger partial charge in [-0.3, -0.25) is 19.3 Å². The quantitative estimate of drug-likeness (QED) is 0.356. The lowest BCUT2D eigenvalue weighted by molar-refractivity contribution is -0.128. The van der Waals surface area contributed by atoms with Gasteiger partial charge in [-0.25, -0.2) is 0 Å². The molecule has 11 nitrogen and oxygen atoms in total. The second-order valence-corrected chi connectivity index (χ2v) is 10.1. The van der Waals surface area contributed by atoms with Crippen LogP contribution in [-0.4, -0.2) is 42.3 Å². The number of aryl methyl sites for hydroxylation is 1. The summed E-state index contributed by atoms with van der Waals surface area (Å²) in [5.41, 5.74) is 0.465. The molecule has 0 aliphatic carbocycles. The van der Waals surface area contributed by atoms with Crippen LogP contribution in [0.4, 0.5) is 11.5 Å². The van der Waals surface area contributed by atoms with E-state index >= 15 is 0 Å². The van der Waals surface area contributed by atoms with Crippen LogP contribution in [0.25, 0.3) is 0 Å². The Kier molecular flexibility index (Phi) is 8.61. The van der Waals surface area contributed by atoms with Crippen molar-refractivity contribution in [2.75, 3.05) is 24.1 Å². The van der Waals surface area contributed by atoms with Crippen molar-refractivity contribution in [1.82, 2.24) is 10.5 Å². The smallest absolute Gasteiger partial charge is 0.248 e. The first-order valence-electron chi connectivity index (χ1n) is 13.0. The highest BCUT2D eigenvalue weighted by molar-refractivity contribution is 6.03. The summed E-state index contributed by atoms with van der Waals surface area (Å²) >= 11 is 0. The molecule has 40 heavy (non-hydrogen) atoms. The molecule has 2 heterocycles. The highest BCUT2D eigenvalue weighted by atomic mass is 16.7. The Hall–Kier alpha value is -4.54. The fourth-order valence-corrected chi connectivity index (χ4v) is 4.14. The van der Waals surface area contributed by atoms with Gasteiger partial charge in [-0.1, -0.05) is 24.2 Å². The molecule has 1 aromatic heterocycles. The third kappa shape index (κ3) is 6.71. The Morgan fingerprint density at radius 1 is 1.05 bits per heavy atom. The number of nitrogens with one attached hydrogen (secondary N) is 2. The van der Waals surface area contributed by atoms with Gasteiger partial charge in [0.15, 0.2) is 17.3 Å². The van der Waals surface area contributed by atoms with Gasteiger partial charge in [0.25, 0.3) is 0 Å². The minimum Gasteiger partial charge on any atom is -0.497 e. The first-order chi connectivity index (χ1) is 19.1. The highest BCUT2D eigenvalue weighted by Crippen LogP contribution is 2.39. The molecule has 1 atom stereocenters. The fraction of sp³-hybridized carbons (Fsp3) is 0.379. The van der Waals surface area contributed by atoms with Gasteiger partial charge in [-0.15, -0.1) is 0 Å². The van der Waals surface area contributed by atoms with Gasteiger partial charge < -0.3 is 29.4 Å². The minimum absolute atomic E-state index is 0.0571. The summed E-state index contributed by atoms with van der Waals surface area (Å²) in [7, 11) is 1.55. The van der Waals surface area contributed by atoms with Gasteiger partial charge in [0.1, 0.15) is 17.6 Å². The van der Waals surface area contributed by atoms with Crippen LogP contribution in [0, 0.1) is 6.92 Å². The van der Waals surface area contributed by atoms with Gasteiger partial charge >= 0.3 is 0 Å². The van der Waals surface area contributed by atoms with Crippen molar-refractivity contribution in [3.8, 4) is 17.2 Å². The number of carbonyl (C=O) groups excluding carboxylic acids is 3. The van der Waals surface area contributed by atoms with E-state index in [-0.39, 0.29) is 31.4 Å². The Morgan fingerprint density at radius 3 is 2.42 bits per heavy atom. The van der Waals surface area contributed by atoms with Crippen molar-refractivity contribution in [3.63, 3.8) is 0 Å². The van der Waals surface area contributed by atoms with Crippen LogP contribution >= 0.6 is 0 Å². The fourth-order valence-electron chi connectivity index (χ4n) is 4.14. The molecule has 1 aliphatic heterocycles. The Morgan fingerprint density at radius 2 is 1.77 bits per heavy atom. The molecule has 0 spiro atoms. The standard InChI is InChI=1S/C29H34N4O7/c1-6-29(3,4)31-28(36)27(19-7-10-21(37-5)11-8-19)33(20-9-12-22-23(16-20)39-17-38-22)26(35)14-13-25(34)30-24-15-18(2)40-32-24/h7-12,15-16,27H,6,13-14,17H2,1-5H3,(H,31,36)(H,30,32,34)/t27-/m0/s1. The summed E-state index contributed by atoms with van der Waals surface area (Å²) in [6.45, 7) is 7.57. The second-order valence-electron chi connectivity index (χ2n) is 10.1. The Bertz CT molecular complexity index is 1370. The molecule has 3 aromatic rings. The summed E-state index contributed by atoms with van der Waals surface area (Å²) in [6, 6.07) is 12.5. The van der Waals surface area contributed by atoms with E-state index in [1.807, 2.05) is 20.8 Å². The van der Waals surface area contributed by atoms with Gasteiger partial charge in [0.2, 0.25) is 24.5 Å². The third-order valence-corrected chi connectivity index (χ3v) is 6.65. The number of amides is 3. The molecule has 212 valence electrons. The average molecular weight is 551 g/mol. The minimum atomic E-state index is -1.05. The van der Waals surface area contributed by atoms with Crippen LogP contribution in [0.5, 0.6) is 17.2 Å². The van der Waals surface area contributed by atoms with Crippen LogP contribution in [0.2, 0.25) is 0 Å². The summed E-state index contributed by atoms with van der Waals surface area (Å²) in [6.07, 6.45) is 0.366. The molecule has 0 bridgehead atoms. The maximum atomic E-state index is 13.9. The molecule has 2 N–H and O–H groups in total. The van der Waals surface area contributed by atoms with Gasteiger partial charge in [-0.2, -0.15) is 0 Å². The molecule has 0 fully saturated rings. The molecule has 0 radical (unpaired) electrons. The second kappa shape index (κ2) is 12.1. The van der Waals surface area contributed by atoms with Gasteiger partial charge in [-0.05, 0) is 57.0 Å². The molecule has 2 aromatic carbocycles. The largest absolute Gasteiger partial charge is 0.497 e. The first kappa shape index (κ1) is 28.5. The summed E-state index contributed by atoms with van der Waals surface area (Å²) in [5.74, 6) is 1.19. The molecule has 0 saturated heterocycles. The molecular formula is C29H34N4O7. The van der Waals surface area contributed by atoms with E-state index in [9.17, 15) is 14.4 Å². The lowest BCUT2D eigenvalue weighted by Gasteiger charge is -2.34. The molecule has 0 unspecified atom stereocenters. The summed E-state index contributed by atoms with van der Waals surface area (Å²) in [4.78, 5) is 41.9. The van der Waals surface area contributed by atoms with E-state index in [2.05, 4.69) is 15.8 Å². The zero-order valence-electron chi connectivity index (χ0n) is 23.3. The normalized spacial score (nSPS) is 12.9. The number of benzene rings is 2. The summed E-state index contributed by atoms with van der Waals surface area (Å²) < 4.78 is 21.3. The SMILES string of the molecule is CCC(C)(C)NC(=O)[C@H](c1ccc(OC)cc1)N(C(=O)CCC(=O)Nc1cc(C)on1)c1ccc2c(c1)OCO2. The van der Waals surface area contributed by atoms with E-state index < -0.39 is 23.4 Å². The van der Waals surface area contributed by atoms with Crippen LogP contribution in [0.3, 0.4) is 0 Å². The van der Waals surface area contributed by atoms with Crippen molar-refractivity contribution in [2.24, 2.45) is 0 Å². The predicted molar refractivity (Wildman–Crippen MR) is 147 cm³/mol. The van der Waals surface area contributed by atoms with Crippen LogP contribution < -0.4 is 29.7 Å². The zero-order valence-corrected chi connectivity index (χ0v) is 23.3. The number of fused-ring (bicyclic) bond motifs is 1. The molecule has 11 heteroatoms. The monoisotopic (exact) mass is 550 g/mol. The number of hydrogen-bond donors (Lipinski definition) is 2. The van der Waals surface area contributed by atoms with Crippen molar-refractivity contribution < 1.29 is 33.1 Å². The topological polar surface area (TPSA) is 132 Å². The van der Waals surface area contributed by atoms with Crippen molar-refractivity contribution in [3.05, 3.63) is 59.9 Å². The molecule has 1 aliphatic rings.